The van der Waals surface area contributed by atoms with Crippen LogP contribution in [0.25, 0.3) is 0 Å². The lowest BCUT2D eigenvalue weighted by molar-refractivity contribution is 0.131. The molecular weight excluding hydrogens is 238 g/mol. The van der Waals surface area contributed by atoms with Gasteiger partial charge in [-0.15, -0.1) is 0 Å². The molecular formula is C16H23NO2. The summed E-state index contributed by atoms with van der Waals surface area (Å²) < 4.78 is 5.48. The van der Waals surface area contributed by atoms with Gasteiger partial charge in [-0.3, -0.25) is 0 Å². The van der Waals surface area contributed by atoms with Crippen molar-refractivity contribution in [2.24, 2.45) is 0 Å². The number of likely N-dealkylation sites (N-methyl/N-ethyl adjacent to an activating group) is 1. The van der Waals surface area contributed by atoms with Gasteiger partial charge in [0, 0.05) is 6.54 Å². The van der Waals surface area contributed by atoms with Gasteiger partial charge >= 0.3 is 6.09 Å². The van der Waals surface area contributed by atoms with E-state index < -0.39 is 0 Å². The maximum atomic E-state index is 11.7. The zero-order chi connectivity index (χ0) is 14.2. The van der Waals surface area contributed by atoms with Crippen LogP contribution in [-0.4, -0.2) is 23.6 Å². The highest BCUT2D eigenvalue weighted by Crippen LogP contribution is 2.33. The number of benzene rings is 1. The van der Waals surface area contributed by atoms with Crippen molar-refractivity contribution in [3.05, 3.63) is 35.4 Å². The average molecular weight is 261 g/mol. The minimum atomic E-state index is -0.208. The minimum Gasteiger partial charge on any atom is -0.439 e. The van der Waals surface area contributed by atoms with Gasteiger partial charge in [0.1, 0.15) is 6.10 Å². The average Bonchev–Trinajstić information content (AvgIpc) is 2.63. The Morgan fingerprint density at radius 3 is 2.21 bits per heavy atom. The minimum absolute atomic E-state index is 0.0954. The number of carbonyl (C=O) groups excluding carboxylic acids is 1. The standard InChI is InChI=1S/C16H23NO2/c1-6-17-11(2)14(19-15(17)18)12-7-9-13(10-8-12)16(3,4)5/h7-11,14H,6H2,1-5H3/t11-,14+/m0/s1. The fourth-order valence-corrected chi connectivity index (χ4v) is 2.54. The van der Waals surface area contributed by atoms with E-state index in [0.717, 1.165) is 5.56 Å². The summed E-state index contributed by atoms with van der Waals surface area (Å²) >= 11 is 0. The summed E-state index contributed by atoms with van der Waals surface area (Å²) in [4.78, 5) is 13.5. The molecule has 1 aliphatic rings. The topological polar surface area (TPSA) is 29.5 Å². The van der Waals surface area contributed by atoms with Gasteiger partial charge in [-0.1, -0.05) is 45.0 Å². The van der Waals surface area contributed by atoms with E-state index in [1.807, 2.05) is 13.8 Å². The van der Waals surface area contributed by atoms with Crippen LogP contribution in [0.15, 0.2) is 24.3 Å². The van der Waals surface area contributed by atoms with E-state index in [0.29, 0.717) is 6.54 Å². The van der Waals surface area contributed by atoms with Crippen LogP contribution in [0.3, 0.4) is 0 Å². The zero-order valence-corrected chi connectivity index (χ0v) is 12.4. The van der Waals surface area contributed by atoms with Crippen LogP contribution >= 0.6 is 0 Å². The quantitative estimate of drug-likeness (QED) is 0.808. The first-order chi connectivity index (χ1) is 8.84. The van der Waals surface area contributed by atoms with Crippen LogP contribution in [0.2, 0.25) is 0 Å². The molecule has 0 aliphatic carbocycles. The molecule has 3 nitrogen and oxygen atoms in total. The molecule has 1 fully saturated rings. The van der Waals surface area contributed by atoms with E-state index in [4.69, 9.17) is 4.74 Å². The Balaban J connectivity index is 2.22. The third-order valence-electron chi connectivity index (χ3n) is 3.84. The lowest BCUT2D eigenvalue weighted by Gasteiger charge is -2.21. The van der Waals surface area contributed by atoms with Gasteiger partial charge in [-0.2, -0.15) is 0 Å². The highest BCUT2D eigenvalue weighted by molar-refractivity contribution is 5.71. The van der Waals surface area contributed by atoms with E-state index in [1.54, 1.807) is 4.90 Å². The van der Waals surface area contributed by atoms with Crippen LogP contribution < -0.4 is 0 Å². The summed E-state index contributed by atoms with van der Waals surface area (Å²) in [6.45, 7) is 11.3. The third-order valence-corrected chi connectivity index (χ3v) is 3.84. The molecule has 19 heavy (non-hydrogen) atoms. The highest BCUT2D eigenvalue weighted by Gasteiger charge is 2.38. The Morgan fingerprint density at radius 1 is 1.21 bits per heavy atom. The van der Waals surface area contributed by atoms with E-state index in [9.17, 15) is 4.79 Å². The van der Waals surface area contributed by atoms with Gasteiger partial charge < -0.3 is 9.64 Å². The predicted octanol–water partition coefficient (Wildman–Crippen LogP) is 3.89. The molecule has 0 radical (unpaired) electrons. The number of ether oxygens (including phenoxy) is 1. The van der Waals surface area contributed by atoms with E-state index >= 15 is 0 Å². The van der Waals surface area contributed by atoms with Crippen molar-refractivity contribution in [2.45, 2.75) is 52.2 Å². The molecule has 1 aliphatic heterocycles. The fourth-order valence-electron chi connectivity index (χ4n) is 2.54. The Morgan fingerprint density at radius 2 is 1.79 bits per heavy atom. The molecule has 0 unspecified atom stereocenters. The molecule has 2 atom stereocenters. The third kappa shape index (κ3) is 2.60. The first-order valence-electron chi connectivity index (χ1n) is 6.92. The van der Waals surface area contributed by atoms with Gasteiger partial charge in [0.05, 0.1) is 6.04 Å². The molecule has 0 saturated carbocycles. The van der Waals surface area contributed by atoms with Gasteiger partial charge in [-0.05, 0) is 30.4 Å². The molecule has 1 aromatic rings. The molecule has 1 amide bonds. The molecule has 104 valence electrons. The van der Waals surface area contributed by atoms with Crippen molar-refractivity contribution in [3.8, 4) is 0 Å². The Labute approximate surface area is 115 Å². The Kier molecular flexibility index (Phi) is 3.57. The second-order valence-corrected chi connectivity index (χ2v) is 6.20. The summed E-state index contributed by atoms with van der Waals surface area (Å²) in [5.41, 5.74) is 2.51. The maximum Gasteiger partial charge on any atom is 0.410 e. The number of hydrogen-bond donors (Lipinski definition) is 0. The van der Waals surface area contributed by atoms with Crippen molar-refractivity contribution in [1.82, 2.24) is 4.90 Å². The van der Waals surface area contributed by atoms with E-state index in [1.165, 1.54) is 5.56 Å². The monoisotopic (exact) mass is 261 g/mol. The SMILES string of the molecule is CCN1C(=O)O[C@@H](c2ccc(C(C)(C)C)cc2)[C@@H]1C. The molecule has 2 rings (SSSR count). The second kappa shape index (κ2) is 4.87. The van der Waals surface area contributed by atoms with Crippen molar-refractivity contribution >= 4 is 6.09 Å². The van der Waals surface area contributed by atoms with Crippen LogP contribution in [0.4, 0.5) is 4.79 Å². The first kappa shape index (κ1) is 13.9. The molecule has 1 saturated heterocycles. The first-order valence-corrected chi connectivity index (χ1v) is 6.92. The number of cyclic esters (lactones) is 1. The molecule has 3 heteroatoms. The predicted molar refractivity (Wildman–Crippen MR) is 76.2 cm³/mol. The van der Waals surface area contributed by atoms with Gasteiger partial charge in [-0.25, -0.2) is 4.79 Å². The Bertz CT molecular complexity index is 459. The molecule has 0 N–H and O–H groups in total. The van der Waals surface area contributed by atoms with Crippen molar-refractivity contribution in [3.63, 3.8) is 0 Å². The van der Waals surface area contributed by atoms with Crippen LogP contribution in [0.1, 0.15) is 51.8 Å². The number of carbonyl (C=O) groups is 1. The Hall–Kier alpha value is -1.51. The lowest BCUT2D eigenvalue weighted by Crippen LogP contribution is -2.31. The summed E-state index contributed by atoms with van der Waals surface area (Å²) in [6.07, 6.45) is -0.360. The highest BCUT2D eigenvalue weighted by atomic mass is 16.6. The molecule has 1 aromatic carbocycles. The molecule has 0 aromatic heterocycles. The number of hydrogen-bond acceptors (Lipinski definition) is 2. The normalized spacial score (nSPS) is 23.6. The van der Waals surface area contributed by atoms with Crippen molar-refractivity contribution in [2.75, 3.05) is 6.54 Å². The number of nitrogens with zero attached hydrogens (tertiary/aromatic N) is 1. The van der Waals surface area contributed by atoms with Gasteiger partial charge in [0.25, 0.3) is 0 Å². The number of amides is 1. The van der Waals surface area contributed by atoms with Crippen LogP contribution in [0, 0.1) is 0 Å². The van der Waals surface area contributed by atoms with Crippen molar-refractivity contribution < 1.29 is 9.53 Å². The van der Waals surface area contributed by atoms with E-state index in [2.05, 4.69) is 45.0 Å². The van der Waals surface area contributed by atoms with Gasteiger partial charge in [0.2, 0.25) is 0 Å². The maximum absolute atomic E-state index is 11.7. The van der Waals surface area contributed by atoms with Crippen LogP contribution in [0.5, 0.6) is 0 Å². The summed E-state index contributed by atoms with van der Waals surface area (Å²) in [6, 6.07) is 8.51. The lowest BCUT2D eigenvalue weighted by atomic mass is 9.86. The fraction of sp³-hybridized carbons (Fsp3) is 0.562. The summed E-state index contributed by atoms with van der Waals surface area (Å²) in [5, 5.41) is 0. The largest absolute Gasteiger partial charge is 0.439 e. The van der Waals surface area contributed by atoms with Crippen LogP contribution in [-0.2, 0) is 10.2 Å². The second-order valence-electron chi connectivity index (χ2n) is 6.20. The summed E-state index contributed by atoms with van der Waals surface area (Å²) in [5.74, 6) is 0. The summed E-state index contributed by atoms with van der Waals surface area (Å²) in [7, 11) is 0. The number of rotatable bonds is 2. The molecule has 1 heterocycles. The van der Waals surface area contributed by atoms with Gasteiger partial charge in [0.15, 0.2) is 0 Å². The molecule has 0 bridgehead atoms. The smallest absolute Gasteiger partial charge is 0.410 e. The zero-order valence-electron chi connectivity index (χ0n) is 12.4. The van der Waals surface area contributed by atoms with Crippen molar-refractivity contribution in [1.29, 1.82) is 0 Å². The van der Waals surface area contributed by atoms with E-state index in [-0.39, 0.29) is 23.7 Å². The molecule has 0 spiro atoms.